The number of aromatic amines is 1. The number of nitriles is 1. The summed E-state index contributed by atoms with van der Waals surface area (Å²) in [4.78, 5) is 29.5. The summed E-state index contributed by atoms with van der Waals surface area (Å²) >= 11 is 1.24. The normalized spacial score (nSPS) is 15.9. The summed E-state index contributed by atoms with van der Waals surface area (Å²) in [6.07, 6.45) is 3.67. The Kier molecular flexibility index (Phi) is 4.29. The predicted octanol–water partition coefficient (Wildman–Crippen LogP) is 0.860. The smallest absolute Gasteiger partial charge is 0.353 e. The number of carbonyl (C=O) groups is 2. The van der Waals surface area contributed by atoms with Gasteiger partial charge in [-0.3, -0.25) is 4.79 Å². The molecular formula is C12H14N4O3S. The Hall–Kier alpha value is -2.01. The first kappa shape index (κ1) is 14.4. The van der Waals surface area contributed by atoms with Crippen LogP contribution in [0.25, 0.3) is 0 Å². The van der Waals surface area contributed by atoms with Gasteiger partial charge in [0.25, 0.3) is 0 Å². The van der Waals surface area contributed by atoms with Crippen molar-refractivity contribution in [2.24, 2.45) is 0 Å². The van der Waals surface area contributed by atoms with Crippen LogP contribution in [-0.2, 0) is 10.3 Å². The predicted molar refractivity (Wildman–Crippen MR) is 72.2 cm³/mol. The van der Waals surface area contributed by atoms with Gasteiger partial charge in [0.05, 0.1) is 29.3 Å². The van der Waals surface area contributed by atoms with E-state index in [1.54, 1.807) is 0 Å². The number of imidazole rings is 1. The van der Waals surface area contributed by atoms with Gasteiger partial charge in [-0.05, 0) is 19.3 Å². The van der Waals surface area contributed by atoms with Crippen LogP contribution >= 0.6 is 11.8 Å². The average Bonchev–Trinajstić information content (AvgIpc) is 2.84. The van der Waals surface area contributed by atoms with E-state index in [1.165, 1.54) is 18.0 Å². The molecule has 20 heavy (non-hydrogen) atoms. The van der Waals surface area contributed by atoms with Crippen molar-refractivity contribution in [2.75, 3.05) is 11.5 Å². The standard InChI is InChI=1S/C12H14N4O3S/c13-4-5-20-7-9(17)16-12(2-1-3-12)11-14-6-8(15-11)10(18)19/h6H,1-3,5,7H2,(H,14,15)(H,16,17)(H,18,19). The van der Waals surface area contributed by atoms with Crippen LogP contribution in [-0.4, -0.2) is 38.5 Å². The molecule has 1 aliphatic rings. The highest BCUT2D eigenvalue weighted by Gasteiger charge is 2.42. The van der Waals surface area contributed by atoms with Gasteiger partial charge < -0.3 is 15.4 Å². The molecule has 8 heteroatoms. The van der Waals surface area contributed by atoms with Crippen molar-refractivity contribution < 1.29 is 14.7 Å². The summed E-state index contributed by atoms with van der Waals surface area (Å²) in [5, 5.41) is 20.2. The van der Waals surface area contributed by atoms with Gasteiger partial charge in [-0.25, -0.2) is 9.78 Å². The lowest BCUT2D eigenvalue weighted by molar-refractivity contribution is -0.121. The number of nitrogens with one attached hydrogen (secondary N) is 2. The number of hydrogen-bond acceptors (Lipinski definition) is 5. The number of amides is 1. The zero-order valence-corrected chi connectivity index (χ0v) is 11.5. The van der Waals surface area contributed by atoms with Crippen LogP contribution in [0, 0.1) is 11.3 Å². The van der Waals surface area contributed by atoms with Crippen molar-refractivity contribution in [3.05, 3.63) is 17.7 Å². The van der Waals surface area contributed by atoms with Gasteiger partial charge in [-0.2, -0.15) is 5.26 Å². The fourth-order valence-electron chi connectivity index (χ4n) is 2.12. The minimum Gasteiger partial charge on any atom is -0.477 e. The van der Waals surface area contributed by atoms with E-state index in [4.69, 9.17) is 10.4 Å². The Balaban J connectivity index is 2.03. The number of carboxylic acids is 1. The first-order chi connectivity index (χ1) is 9.57. The van der Waals surface area contributed by atoms with Crippen LogP contribution in [0.4, 0.5) is 0 Å². The third kappa shape index (κ3) is 2.93. The van der Waals surface area contributed by atoms with E-state index >= 15 is 0 Å². The number of aromatic carboxylic acids is 1. The number of rotatable bonds is 6. The van der Waals surface area contributed by atoms with E-state index in [0.717, 1.165) is 19.3 Å². The fraction of sp³-hybridized carbons (Fsp3) is 0.500. The minimum absolute atomic E-state index is 0.0133. The number of H-pyrrole nitrogens is 1. The molecule has 0 spiro atoms. The lowest BCUT2D eigenvalue weighted by Crippen LogP contribution is -2.52. The molecule has 1 amide bonds. The molecule has 0 aliphatic heterocycles. The number of nitrogens with zero attached hydrogens (tertiary/aromatic N) is 2. The summed E-state index contributed by atoms with van der Waals surface area (Å²) < 4.78 is 0. The number of hydrogen-bond donors (Lipinski definition) is 3. The van der Waals surface area contributed by atoms with Crippen molar-refractivity contribution in [1.82, 2.24) is 15.3 Å². The van der Waals surface area contributed by atoms with Gasteiger partial charge in [-0.1, -0.05) is 0 Å². The molecule has 1 aromatic heterocycles. The highest BCUT2D eigenvalue weighted by molar-refractivity contribution is 8.00. The largest absolute Gasteiger partial charge is 0.477 e. The highest BCUT2D eigenvalue weighted by atomic mass is 32.2. The Morgan fingerprint density at radius 2 is 2.35 bits per heavy atom. The molecule has 1 aliphatic carbocycles. The van der Waals surface area contributed by atoms with E-state index in [0.29, 0.717) is 5.82 Å². The Labute approximate surface area is 119 Å². The summed E-state index contributed by atoms with van der Waals surface area (Å²) in [5.74, 6) is -0.279. The molecule has 2 rings (SSSR count). The molecule has 7 nitrogen and oxygen atoms in total. The number of aromatic nitrogens is 2. The van der Waals surface area contributed by atoms with Crippen molar-refractivity contribution in [3.63, 3.8) is 0 Å². The summed E-state index contributed by atoms with van der Waals surface area (Å²) in [7, 11) is 0. The lowest BCUT2D eigenvalue weighted by atomic mass is 9.76. The number of carbonyl (C=O) groups excluding carboxylic acids is 1. The molecule has 3 N–H and O–H groups in total. The van der Waals surface area contributed by atoms with Gasteiger partial charge in [0, 0.05) is 0 Å². The summed E-state index contributed by atoms with van der Waals surface area (Å²) in [6.45, 7) is 0. The van der Waals surface area contributed by atoms with Gasteiger partial charge >= 0.3 is 5.97 Å². The second-order valence-corrected chi connectivity index (χ2v) is 5.57. The second kappa shape index (κ2) is 5.96. The Bertz CT molecular complexity index is 559. The molecule has 0 saturated heterocycles. The second-order valence-electron chi connectivity index (χ2n) is 4.59. The van der Waals surface area contributed by atoms with Crippen molar-refractivity contribution >= 4 is 23.6 Å². The van der Waals surface area contributed by atoms with Crippen LogP contribution < -0.4 is 5.32 Å². The lowest BCUT2D eigenvalue weighted by Gasteiger charge is -2.40. The van der Waals surface area contributed by atoms with Crippen LogP contribution in [0.3, 0.4) is 0 Å². The first-order valence-electron chi connectivity index (χ1n) is 6.12. The summed E-state index contributed by atoms with van der Waals surface area (Å²) in [5.41, 5.74) is -0.572. The van der Waals surface area contributed by atoms with Crippen molar-refractivity contribution in [1.29, 1.82) is 5.26 Å². The SMILES string of the molecule is N#CCSCC(=O)NC1(c2ncc(C(=O)O)[nH]2)CCC1. The van der Waals surface area contributed by atoms with Gasteiger partial charge in [0.2, 0.25) is 5.91 Å². The summed E-state index contributed by atoms with van der Waals surface area (Å²) in [6, 6.07) is 1.96. The average molecular weight is 294 g/mol. The zero-order chi connectivity index (χ0) is 14.6. The molecule has 0 aromatic carbocycles. The molecule has 0 unspecified atom stereocenters. The topological polar surface area (TPSA) is 119 Å². The van der Waals surface area contributed by atoms with Crippen molar-refractivity contribution in [3.8, 4) is 6.07 Å². The molecule has 1 aromatic rings. The maximum absolute atomic E-state index is 11.8. The number of thioether (sulfide) groups is 1. The van der Waals surface area contributed by atoms with E-state index in [9.17, 15) is 9.59 Å². The zero-order valence-electron chi connectivity index (χ0n) is 10.7. The van der Waals surface area contributed by atoms with Gasteiger partial charge in [-0.15, -0.1) is 11.8 Å². The highest BCUT2D eigenvalue weighted by Crippen LogP contribution is 2.39. The van der Waals surface area contributed by atoms with Crippen LogP contribution in [0.2, 0.25) is 0 Å². The maximum atomic E-state index is 11.8. The third-order valence-electron chi connectivity index (χ3n) is 3.25. The quantitative estimate of drug-likeness (QED) is 0.669. The minimum atomic E-state index is -1.07. The number of carboxylic acid groups (broad SMARTS) is 1. The monoisotopic (exact) mass is 294 g/mol. The van der Waals surface area contributed by atoms with E-state index < -0.39 is 11.5 Å². The third-order valence-corrected chi connectivity index (χ3v) is 4.04. The Morgan fingerprint density at radius 3 is 2.85 bits per heavy atom. The fourth-order valence-corrected chi connectivity index (χ4v) is 2.57. The molecule has 1 heterocycles. The molecule has 0 radical (unpaired) electrons. The molecular weight excluding hydrogens is 280 g/mol. The molecule has 1 saturated carbocycles. The van der Waals surface area contributed by atoms with Crippen molar-refractivity contribution in [2.45, 2.75) is 24.8 Å². The van der Waals surface area contributed by atoms with E-state index in [-0.39, 0.29) is 23.1 Å². The van der Waals surface area contributed by atoms with Gasteiger partial charge in [0.1, 0.15) is 11.5 Å². The molecule has 0 atom stereocenters. The molecule has 106 valence electrons. The van der Waals surface area contributed by atoms with Crippen LogP contribution in [0.1, 0.15) is 35.6 Å². The van der Waals surface area contributed by atoms with E-state index in [2.05, 4.69) is 15.3 Å². The van der Waals surface area contributed by atoms with Gasteiger partial charge in [0.15, 0.2) is 0 Å². The first-order valence-corrected chi connectivity index (χ1v) is 7.27. The Morgan fingerprint density at radius 1 is 1.60 bits per heavy atom. The molecule has 1 fully saturated rings. The van der Waals surface area contributed by atoms with Crippen LogP contribution in [0.15, 0.2) is 6.20 Å². The molecule has 0 bridgehead atoms. The maximum Gasteiger partial charge on any atom is 0.353 e. The van der Waals surface area contributed by atoms with Crippen LogP contribution in [0.5, 0.6) is 0 Å². The van der Waals surface area contributed by atoms with E-state index in [1.807, 2.05) is 6.07 Å².